The van der Waals surface area contributed by atoms with Crippen LogP contribution in [0.2, 0.25) is 0 Å². The predicted molar refractivity (Wildman–Crippen MR) is 233 cm³/mol. The van der Waals surface area contributed by atoms with Gasteiger partial charge in [0, 0.05) is 60.4 Å². The number of ketones is 1. The van der Waals surface area contributed by atoms with Crippen LogP contribution in [-0.2, 0) is 23.7 Å². The second kappa shape index (κ2) is 18.0. The average molecular weight is 851 g/mol. The van der Waals surface area contributed by atoms with Crippen LogP contribution in [0.5, 0.6) is 11.5 Å². The van der Waals surface area contributed by atoms with E-state index in [1.54, 1.807) is 18.1 Å². The van der Waals surface area contributed by atoms with Gasteiger partial charge in [-0.1, -0.05) is 40.7 Å². The number of aromatic nitrogens is 2. The van der Waals surface area contributed by atoms with Crippen molar-refractivity contribution in [2.45, 2.75) is 136 Å². The van der Waals surface area contributed by atoms with Crippen LogP contribution in [0.4, 0.5) is 5.13 Å². The molecule has 3 fully saturated rings. The van der Waals surface area contributed by atoms with Gasteiger partial charge >= 0.3 is 5.97 Å². The van der Waals surface area contributed by atoms with E-state index in [1.807, 2.05) is 64.3 Å². The number of amides is 1. The van der Waals surface area contributed by atoms with Crippen molar-refractivity contribution in [3.05, 3.63) is 42.3 Å². The van der Waals surface area contributed by atoms with Crippen molar-refractivity contribution in [1.29, 1.82) is 0 Å². The third-order valence-corrected chi connectivity index (χ3v) is 16.2. The number of anilines is 1. The summed E-state index contributed by atoms with van der Waals surface area (Å²) in [4.78, 5) is 65.2. The van der Waals surface area contributed by atoms with Crippen molar-refractivity contribution < 1.29 is 38.1 Å². The van der Waals surface area contributed by atoms with Gasteiger partial charge in [0.15, 0.2) is 5.13 Å². The van der Waals surface area contributed by atoms with Crippen molar-refractivity contribution in [3.8, 4) is 22.9 Å². The van der Waals surface area contributed by atoms with Crippen LogP contribution in [0.15, 0.2) is 42.3 Å². The minimum absolute atomic E-state index is 0.00767. The van der Waals surface area contributed by atoms with Crippen LogP contribution in [0.25, 0.3) is 22.3 Å². The number of methoxy groups -OCH3 is 1. The van der Waals surface area contributed by atoms with E-state index in [-0.39, 0.29) is 73.6 Å². The van der Waals surface area contributed by atoms with Gasteiger partial charge < -0.3 is 29.3 Å². The summed E-state index contributed by atoms with van der Waals surface area (Å²) in [5, 5.41) is 5.78. The third kappa shape index (κ3) is 10.4. The van der Waals surface area contributed by atoms with Crippen LogP contribution in [-0.4, -0.2) is 86.7 Å². The molecule has 6 rings (SSSR count). The van der Waals surface area contributed by atoms with Crippen LogP contribution in [0.1, 0.15) is 106 Å². The van der Waals surface area contributed by atoms with Gasteiger partial charge in [0.1, 0.15) is 35.2 Å². The van der Waals surface area contributed by atoms with Crippen LogP contribution < -0.4 is 14.8 Å². The molecule has 2 saturated carbocycles. The minimum atomic E-state index is -3.71. The van der Waals surface area contributed by atoms with Gasteiger partial charge in [-0.25, -0.2) is 9.97 Å². The number of hydrogen-bond donors (Lipinski definition) is 2. The fraction of sp³-hybridized carbons (Fsp3) is 0.622. The van der Waals surface area contributed by atoms with Crippen LogP contribution in [0, 0.1) is 23.2 Å². The van der Waals surface area contributed by atoms with Crippen LogP contribution in [0.3, 0.4) is 0 Å². The van der Waals surface area contributed by atoms with Crippen molar-refractivity contribution in [3.63, 3.8) is 0 Å². The number of carbonyl (C=O) groups is 3. The molecule has 1 aromatic carbocycles. The van der Waals surface area contributed by atoms with Gasteiger partial charge in [0.25, 0.3) is 0 Å². The van der Waals surface area contributed by atoms with E-state index < -0.39 is 36.0 Å². The molecule has 2 aliphatic carbocycles. The smallest absolute Gasteiger partial charge is 0.306 e. The maximum absolute atomic E-state index is 14.8. The summed E-state index contributed by atoms with van der Waals surface area (Å²) < 4.78 is 32.1. The van der Waals surface area contributed by atoms with Gasteiger partial charge in [0.2, 0.25) is 13.3 Å². The number of allylic oxidation sites excluding steroid dienone is 1. The Labute approximate surface area is 353 Å². The Balaban J connectivity index is 1.31. The number of pyridine rings is 1. The number of thiazole rings is 1. The first-order chi connectivity index (χ1) is 27.8. The van der Waals surface area contributed by atoms with Gasteiger partial charge in [-0.3, -0.25) is 18.9 Å². The molecule has 12 nitrogen and oxygen atoms in total. The van der Waals surface area contributed by atoms with E-state index in [9.17, 15) is 23.8 Å². The zero-order chi connectivity index (χ0) is 42.9. The zero-order valence-electron chi connectivity index (χ0n) is 36.0. The Morgan fingerprint density at radius 1 is 1.10 bits per heavy atom. The lowest BCUT2D eigenvalue weighted by Crippen LogP contribution is -2.46. The summed E-state index contributed by atoms with van der Waals surface area (Å²) in [6.45, 7) is 17.8. The van der Waals surface area contributed by atoms with Crippen molar-refractivity contribution in [2.24, 2.45) is 23.2 Å². The first kappa shape index (κ1) is 44.7. The molecule has 59 heavy (non-hydrogen) atoms. The van der Waals surface area contributed by atoms with E-state index in [0.29, 0.717) is 41.2 Å². The maximum Gasteiger partial charge on any atom is 0.306 e. The highest BCUT2D eigenvalue weighted by atomic mass is 32.1. The van der Waals surface area contributed by atoms with Gasteiger partial charge in [-0.2, -0.15) is 0 Å². The van der Waals surface area contributed by atoms with Crippen molar-refractivity contribution in [2.75, 3.05) is 25.1 Å². The predicted octanol–water partition coefficient (Wildman–Crippen LogP) is 9.29. The summed E-state index contributed by atoms with van der Waals surface area (Å²) >= 11 is 1.49. The number of Topliss-reactive ketones (excluding diaryl/α,β-unsaturated/α-hetero) is 1. The number of ether oxygens (including phenoxy) is 3. The number of nitrogens with zero attached hydrogens (tertiary/aromatic N) is 3. The number of rotatable bonds is 18. The molecule has 1 amide bonds. The normalized spacial score (nSPS) is 23.6. The van der Waals surface area contributed by atoms with E-state index in [2.05, 4.69) is 25.7 Å². The standard InChI is InChI=1S/C45H63N4O8PS/c1-10-29-22-45(29,58(53,54)25-27(2)3)23-31(50)17-30-18-34(24-49(30)42(52)36(44(6,7)8)20-41(51)57-32-13-11-12-14-32)56-40-21-38(39-26-59-43(48-39)46-28(4)5)47-37-19-33(55-9)15-16-35(37)40/h10,15-16,19,21,26-30,32,34,36H,1,11-14,17-18,20,22-25H2,2-9H3,(H,46,48)(H,53,54)/t29-,30?,34-,36-,45-/m1/s1. The Bertz CT molecular complexity index is 2070. The van der Waals surface area contributed by atoms with E-state index in [0.717, 1.165) is 36.2 Å². The number of fused-ring (bicyclic) bond motifs is 1. The highest BCUT2D eigenvalue weighted by molar-refractivity contribution is 7.60. The SMILES string of the molecule is C=C[C@@H]1C[C@]1(CC(=O)CC1C[C@@H](Oc2cc(-c3csc(NC(C)C)n3)nc3cc(OC)ccc23)CN1C(=O)[C@@H](CC(=O)OC1CCCC1)C(C)(C)C)P(=O)(O)CC(C)C. The van der Waals surface area contributed by atoms with E-state index in [4.69, 9.17) is 24.2 Å². The molecule has 0 bridgehead atoms. The number of carbonyl (C=O) groups excluding carboxylic acids is 3. The topological polar surface area (TPSA) is 157 Å². The van der Waals surface area contributed by atoms with Gasteiger partial charge in [-0.05, 0) is 75.3 Å². The molecule has 1 saturated heterocycles. The summed E-state index contributed by atoms with van der Waals surface area (Å²) in [7, 11) is -2.11. The third-order valence-electron chi connectivity index (χ3n) is 12.1. The number of hydrogen-bond acceptors (Lipinski definition) is 11. The molecule has 1 aliphatic heterocycles. The molecule has 6 atom stereocenters. The number of benzene rings is 1. The molecule has 2 N–H and O–H groups in total. The fourth-order valence-electron chi connectivity index (χ4n) is 8.92. The summed E-state index contributed by atoms with van der Waals surface area (Å²) in [5.41, 5.74) is 1.35. The molecule has 322 valence electrons. The lowest BCUT2D eigenvalue weighted by molar-refractivity contribution is -0.156. The molecule has 0 spiro atoms. The van der Waals surface area contributed by atoms with E-state index >= 15 is 0 Å². The first-order valence-corrected chi connectivity index (χ1v) is 23.9. The van der Waals surface area contributed by atoms with E-state index in [1.165, 1.54) is 11.3 Å². The highest BCUT2D eigenvalue weighted by Gasteiger charge is 2.64. The molecular weight excluding hydrogens is 788 g/mol. The lowest BCUT2D eigenvalue weighted by Gasteiger charge is -2.35. The molecule has 3 heterocycles. The Hall–Kier alpha value is -3.80. The summed E-state index contributed by atoms with van der Waals surface area (Å²) in [5.74, 6) is -0.566. The van der Waals surface area contributed by atoms with Gasteiger partial charge in [-0.15, -0.1) is 17.9 Å². The number of likely N-dealkylation sites (tertiary alicyclic amines) is 1. The summed E-state index contributed by atoms with van der Waals surface area (Å²) in [6, 6.07) is 7.10. The molecule has 0 radical (unpaired) electrons. The minimum Gasteiger partial charge on any atom is -0.497 e. The largest absolute Gasteiger partial charge is 0.497 e. The van der Waals surface area contributed by atoms with Crippen molar-refractivity contribution >= 4 is 52.4 Å². The highest BCUT2D eigenvalue weighted by Crippen LogP contribution is 2.73. The Morgan fingerprint density at radius 2 is 1.83 bits per heavy atom. The Kier molecular flexibility index (Phi) is 13.7. The Morgan fingerprint density at radius 3 is 2.46 bits per heavy atom. The quantitative estimate of drug-likeness (QED) is 0.0714. The molecule has 3 aromatic rings. The molecule has 2 unspecified atom stereocenters. The maximum atomic E-state index is 14.8. The van der Waals surface area contributed by atoms with Gasteiger partial charge in [0.05, 0.1) is 42.4 Å². The first-order valence-electron chi connectivity index (χ1n) is 21.2. The summed E-state index contributed by atoms with van der Waals surface area (Å²) in [6.07, 6.45) is 5.52. The second-order valence-electron chi connectivity index (χ2n) is 18.7. The van der Waals surface area contributed by atoms with Crippen LogP contribution >= 0.6 is 18.7 Å². The van der Waals surface area contributed by atoms with Crippen molar-refractivity contribution in [1.82, 2.24) is 14.9 Å². The molecule has 14 heteroatoms. The number of nitrogens with one attached hydrogen (secondary N) is 1. The molecule has 2 aromatic heterocycles. The average Bonchev–Trinajstić information content (AvgIpc) is 3.52. The fourth-order valence-corrected chi connectivity index (χ4v) is 12.6. The second-order valence-corrected chi connectivity index (χ2v) is 22.2. The number of esters is 1. The lowest BCUT2D eigenvalue weighted by atomic mass is 9.77. The monoisotopic (exact) mass is 850 g/mol. The zero-order valence-corrected chi connectivity index (χ0v) is 37.7. The molecular formula is C45H63N4O8PS. The molecule has 3 aliphatic rings.